The van der Waals surface area contributed by atoms with Crippen molar-refractivity contribution in [3.05, 3.63) is 23.3 Å². The molecule has 1 unspecified atom stereocenters. The Kier molecular flexibility index (Phi) is 11.3. The SMILES string of the molecule is CCCCC[C@H](C)/C=C/C1=C(C(O)CCCCCC(=O)OC)C(=O)C[C@H]1C. The van der Waals surface area contributed by atoms with E-state index in [1.807, 2.05) is 0 Å². The number of aliphatic hydroxyl groups is 1. The first-order valence-electron chi connectivity index (χ1n) is 10.6. The smallest absolute Gasteiger partial charge is 0.305 e. The van der Waals surface area contributed by atoms with Crippen molar-refractivity contribution in [3.8, 4) is 0 Å². The van der Waals surface area contributed by atoms with Crippen molar-refractivity contribution in [3.63, 3.8) is 0 Å². The Labute approximate surface area is 165 Å². The molecule has 0 aliphatic heterocycles. The molecule has 27 heavy (non-hydrogen) atoms. The quantitative estimate of drug-likeness (QED) is 0.356. The fourth-order valence-corrected chi connectivity index (χ4v) is 3.67. The Hall–Kier alpha value is -1.42. The number of esters is 1. The van der Waals surface area contributed by atoms with E-state index in [4.69, 9.17) is 0 Å². The Morgan fingerprint density at radius 2 is 1.93 bits per heavy atom. The first kappa shape index (κ1) is 23.6. The molecule has 154 valence electrons. The lowest BCUT2D eigenvalue weighted by Crippen LogP contribution is -2.16. The van der Waals surface area contributed by atoms with E-state index in [0.29, 0.717) is 30.8 Å². The molecule has 4 nitrogen and oxygen atoms in total. The molecule has 1 rings (SSSR count). The second kappa shape index (κ2) is 12.9. The molecule has 1 aliphatic rings. The number of ketones is 1. The number of carbonyl (C=O) groups is 2. The van der Waals surface area contributed by atoms with Gasteiger partial charge in [0.1, 0.15) is 0 Å². The maximum absolute atomic E-state index is 12.4. The highest BCUT2D eigenvalue weighted by Gasteiger charge is 2.31. The van der Waals surface area contributed by atoms with Crippen LogP contribution in [0.3, 0.4) is 0 Å². The molecule has 3 atom stereocenters. The van der Waals surface area contributed by atoms with Gasteiger partial charge in [-0.15, -0.1) is 0 Å². The fourth-order valence-electron chi connectivity index (χ4n) is 3.67. The first-order valence-corrected chi connectivity index (χ1v) is 10.6. The van der Waals surface area contributed by atoms with E-state index < -0.39 is 6.10 Å². The van der Waals surface area contributed by atoms with Crippen LogP contribution in [0.2, 0.25) is 0 Å². The largest absolute Gasteiger partial charge is 0.469 e. The standard InChI is InChI=1S/C23H38O4/c1-5-6-8-11-17(2)14-15-19-18(3)16-21(25)23(19)20(24)12-9-7-10-13-22(26)27-4/h14-15,17-18,20,24H,5-13,16H2,1-4H3/b15-14+/t17-,18+,20?/m0/s1. The zero-order valence-electron chi connectivity index (χ0n) is 17.6. The van der Waals surface area contributed by atoms with Crippen LogP contribution in [0.1, 0.15) is 85.0 Å². The number of aliphatic hydroxyl groups excluding tert-OH is 1. The van der Waals surface area contributed by atoms with E-state index in [0.717, 1.165) is 31.3 Å². The molecule has 0 saturated heterocycles. The van der Waals surface area contributed by atoms with E-state index in [2.05, 4.69) is 37.7 Å². The summed E-state index contributed by atoms with van der Waals surface area (Å²) >= 11 is 0. The van der Waals surface area contributed by atoms with Crippen LogP contribution in [-0.2, 0) is 14.3 Å². The molecule has 0 radical (unpaired) electrons. The minimum Gasteiger partial charge on any atom is -0.469 e. The minimum atomic E-state index is -0.698. The van der Waals surface area contributed by atoms with Crippen molar-refractivity contribution >= 4 is 11.8 Å². The monoisotopic (exact) mass is 378 g/mol. The van der Waals surface area contributed by atoms with Gasteiger partial charge in [-0.1, -0.05) is 65.0 Å². The Morgan fingerprint density at radius 3 is 2.59 bits per heavy atom. The first-order chi connectivity index (χ1) is 12.9. The highest BCUT2D eigenvalue weighted by molar-refractivity contribution is 6.00. The second-order valence-electron chi connectivity index (χ2n) is 7.92. The summed E-state index contributed by atoms with van der Waals surface area (Å²) in [4.78, 5) is 23.5. The molecule has 0 bridgehead atoms. The minimum absolute atomic E-state index is 0.0860. The third-order valence-corrected chi connectivity index (χ3v) is 5.42. The average Bonchev–Trinajstić information content (AvgIpc) is 2.92. The molecule has 1 aliphatic carbocycles. The molecule has 0 fully saturated rings. The lowest BCUT2D eigenvalue weighted by molar-refractivity contribution is -0.140. The van der Waals surface area contributed by atoms with Crippen molar-refractivity contribution in [2.45, 2.75) is 91.1 Å². The molecule has 4 heteroatoms. The number of Topliss-reactive ketones (excluding diaryl/α,β-unsaturated/α-hetero) is 1. The van der Waals surface area contributed by atoms with E-state index in [1.165, 1.54) is 26.4 Å². The lowest BCUT2D eigenvalue weighted by atomic mass is 9.95. The van der Waals surface area contributed by atoms with Crippen LogP contribution in [0.4, 0.5) is 0 Å². The third kappa shape index (κ3) is 8.42. The summed E-state index contributed by atoms with van der Waals surface area (Å²) in [7, 11) is 1.39. The van der Waals surface area contributed by atoms with Gasteiger partial charge >= 0.3 is 5.97 Å². The molecular weight excluding hydrogens is 340 g/mol. The molecule has 1 N–H and O–H groups in total. The predicted molar refractivity (Wildman–Crippen MR) is 109 cm³/mol. The van der Waals surface area contributed by atoms with Gasteiger partial charge in [0.25, 0.3) is 0 Å². The van der Waals surface area contributed by atoms with Crippen molar-refractivity contribution in [2.75, 3.05) is 7.11 Å². The van der Waals surface area contributed by atoms with Crippen LogP contribution in [-0.4, -0.2) is 30.1 Å². The van der Waals surface area contributed by atoms with Gasteiger partial charge in [-0.2, -0.15) is 0 Å². The average molecular weight is 379 g/mol. The number of hydrogen-bond acceptors (Lipinski definition) is 4. The molecule has 0 heterocycles. The number of allylic oxidation sites excluding steroid dienone is 3. The maximum Gasteiger partial charge on any atom is 0.305 e. The highest BCUT2D eigenvalue weighted by Crippen LogP contribution is 2.33. The van der Waals surface area contributed by atoms with Gasteiger partial charge in [0, 0.05) is 18.4 Å². The Morgan fingerprint density at radius 1 is 1.22 bits per heavy atom. The van der Waals surface area contributed by atoms with Crippen LogP contribution in [0, 0.1) is 11.8 Å². The Balaban J connectivity index is 2.60. The lowest BCUT2D eigenvalue weighted by Gasteiger charge is -2.14. The summed E-state index contributed by atoms with van der Waals surface area (Å²) in [6.45, 7) is 6.49. The molecule has 0 aromatic heterocycles. The maximum atomic E-state index is 12.4. The summed E-state index contributed by atoms with van der Waals surface area (Å²) in [5.74, 6) is 0.561. The number of hydrogen-bond donors (Lipinski definition) is 1. The molecule has 0 spiro atoms. The fraction of sp³-hybridized carbons (Fsp3) is 0.739. The number of unbranched alkanes of at least 4 members (excludes halogenated alkanes) is 4. The molecular formula is C23H38O4. The van der Waals surface area contributed by atoms with Gasteiger partial charge in [0.2, 0.25) is 0 Å². The van der Waals surface area contributed by atoms with E-state index in [-0.39, 0.29) is 17.7 Å². The molecule has 0 saturated carbocycles. The van der Waals surface area contributed by atoms with Crippen molar-refractivity contribution < 1.29 is 19.4 Å². The van der Waals surface area contributed by atoms with Gasteiger partial charge < -0.3 is 9.84 Å². The third-order valence-electron chi connectivity index (χ3n) is 5.42. The van der Waals surface area contributed by atoms with Crippen LogP contribution >= 0.6 is 0 Å². The summed E-state index contributed by atoms with van der Waals surface area (Å²) in [6.07, 6.45) is 12.3. The summed E-state index contributed by atoms with van der Waals surface area (Å²) < 4.78 is 4.63. The molecule has 0 amide bonds. The number of ether oxygens (including phenoxy) is 1. The van der Waals surface area contributed by atoms with Crippen molar-refractivity contribution in [2.24, 2.45) is 11.8 Å². The van der Waals surface area contributed by atoms with Crippen LogP contribution in [0.15, 0.2) is 23.3 Å². The summed E-state index contributed by atoms with van der Waals surface area (Å²) in [6, 6.07) is 0. The van der Waals surface area contributed by atoms with E-state index >= 15 is 0 Å². The van der Waals surface area contributed by atoms with E-state index in [9.17, 15) is 14.7 Å². The number of rotatable bonds is 13. The van der Waals surface area contributed by atoms with Crippen LogP contribution in [0.25, 0.3) is 0 Å². The normalized spacial score (nSPS) is 19.7. The predicted octanol–water partition coefficient (Wildman–Crippen LogP) is 5.15. The molecule has 0 aromatic rings. The number of methoxy groups -OCH3 is 1. The summed E-state index contributed by atoms with van der Waals surface area (Å²) in [5, 5.41) is 10.6. The van der Waals surface area contributed by atoms with Crippen LogP contribution in [0.5, 0.6) is 0 Å². The van der Waals surface area contributed by atoms with Crippen molar-refractivity contribution in [1.29, 1.82) is 0 Å². The topological polar surface area (TPSA) is 63.6 Å². The highest BCUT2D eigenvalue weighted by atomic mass is 16.5. The second-order valence-corrected chi connectivity index (χ2v) is 7.92. The van der Waals surface area contributed by atoms with Gasteiger partial charge in [0.05, 0.1) is 13.2 Å². The van der Waals surface area contributed by atoms with Gasteiger partial charge in [-0.25, -0.2) is 0 Å². The van der Waals surface area contributed by atoms with Crippen LogP contribution < -0.4 is 0 Å². The zero-order valence-corrected chi connectivity index (χ0v) is 17.6. The van der Waals surface area contributed by atoms with Gasteiger partial charge in [0.15, 0.2) is 5.78 Å². The van der Waals surface area contributed by atoms with E-state index in [1.54, 1.807) is 0 Å². The van der Waals surface area contributed by atoms with Gasteiger partial charge in [-0.3, -0.25) is 9.59 Å². The summed E-state index contributed by atoms with van der Waals surface area (Å²) in [5.41, 5.74) is 1.64. The zero-order chi connectivity index (χ0) is 20.2. The molecule has 0 aromatic carbocycles. The van der Waals surface area contributed by atoms with Gasteiger partial charge in [-0.05, 0) is 36.7 Å². The Bertz CT molecular complexity index is 532. The van der Waals surface area contributed by atoms with Crippen molar-refractivity contribution in [1.82, 2.24) is 0 Å². The number of carbonyl (C=O) groups excluding carboxylic acids is 2.